The molecule has 0 saturated carbocycles. The van der Waals surface area contributed by atoms with E-state index in [1.807, 2.05) is 44.2 Å². The zero-order valence-corrected chi connectivity index (χ0v) is 24.2. The lowest BCUT2D eigenvalue weighted by molar-refractivity contribution is -0.119. The summed E-state index contributed by atoms with van der Waals surface area (Å²) < 4.78 is 39.6. The van der Waals surface area contributed by atoms with Crippen molar-refractivity contribution in [1.29, 1.82) is 0 Å². The van der Waals surface area contributed by atoms with Crippen LogP contribution in [0.1, 0.15) is 23.6 Å². The summed E-state index contributed by atoms with van der Waals surface area (Å²) in [7, 11) is -4.07. The van der Waals surface area contributed by atoms with E-state index in [-0.39, 0.29) is 10.6 Å². The Balaban J connectivity index is 1.48. The van der Waals surface area contributed by atoms with E-state index in [0.29, 0.717) is 35.3 Å². The molecule has 10 heteroatoms. The first-order valence-corrected chi connectivity index (χ1v) is 14.7. The number of halogens is 1. The molecule has 8 nitrogen and oxygen atoms in total. The minimum absolute atomic E-state index is 0.0472. The van der Waals surface area contributed by atoms with Crippen LogP contribution in [0.2, 0.25) is 5.02 Å². The van der Waals surface area contributed by atoms with Gasteiger partial charge in [0.05, 0.1) is 23.4 Å². The predicted molar refractivity (Wildman–Crippen MR) is 161 cm³/mol. The number of anilines is 1. The van der Waals surface area contributed by atoms with E-state index < -0.39 is 22.5 Å². The molecule has 0 bridgehead atoms. The zero-order chi connectivity index (χ0) is 29.2. The van der Waals surface area contributed by atoms with Crippen molar-refractivity contribution >= 4 is 39.4 Å². The molecule has 1 amide bonds. The fourth-order valence-electron chi connectivity index (χ4n) is 3.84. The van der Waals surface area contributed by atoms with Crippen molar-refractivity contribution in [2.24, 2.45) is 5.10 Å². The SMILES string of the molecule is CCOc1cc(C=NNC(=O)CN(c2ccc(C)c(Cl)c2)S(=O)(=O)c2ccccc2)ccc1OCc1ccccc1. The Morgan fingerprint density at radius 1 is 0.927 bits per heavy atom. The molecule has 0 saturated heterocycles. The molecule has 4 rings (SSSR count). The summed E-state index contributed by atoms with van der Waals surface area (Å²) >= 11 is 6.27. The number of benzene rings is 4. The highest BCUT2D eigenvalue weighted by molar-refractivity contribution is 7.92. The van der Waals surface area contributed by atoms with Gasteiger partial charge in [0.15, 0.2) is 11.5 Å². The van der Waals surface area contributed by atoms with E-state index >= 15 is 0 Å². The number of nitrogens with one attached hydrogen (secondary N) is 1. The molecule has 0 unspecified atom stereocenters. The maximum Gasteiger partial charge on any atom is 0.264 e. The Labute approximate surface area is 245 Å². The zero-order valence-electron chi connectivity index (χ0n) is 22.7. The molecule has 0 fully saturated rings. The Hall–Kier alpha value is -4.34. The van der Waals surface area contributed by atoms with Gasteiger partial charge in [-0.1, -0.05) is 66.2 Å². The molecule has 1 N–H and O–H groups in total. The maximum absolute atomic E-state index is 13.5. The molecule has 0 aliphatic rings. The Kier molecular flexibility index (Phi) is 10.00. The number of carbonyl (C=O) groups is 1. The van der Waals surface area contributed by atoms with E-state index in [1.54, 1.807) is 48.5 Å². The van der Waals surface area contributed by atoms with Gasteiger partial charge in [-0.3, -0.25) is 9.10 Å². The molecule has 212 valence electrons. The van der Waals surface area contributed by atoms with E-state index in [4.69, 9.17) is 21.1 Å². The summed E-state index contributed by atoms with van der Waals surface area (Å²) in [6.45, 7) is 4.00. The molecule has 0 radical (unpaired) electrons. The Morgan fingerprint density at radius 3 is 2.32 bits per heavy atom. The van der Waals surface area contributed by atoms with Crippen LogP contribution in [0.25, 0.3) is 0 Å². The van der Waals surface area contributed by atoms with Crippen LogP contribution in [0.4, 0.5) is 5.69 Å². The molecular weight excluding hydrogens is 562 g/mol. The molecule has 4 aromatic carbocycles. The number of hydrogen-bond donors (Lipinski definition) is 1. The van der Waals surface area contributed by atoms with E-state index in [0.717, 1.165) is 15.4 Å². The standard InChI is InChI=1S/C31H30ClN3O5S/c1-3-39-30-18-25(15-17-29(30)40-22-24-10-6-4-7-11-24)20-33-34-31(36)21-35(26-16-14-23(2)28(32)19-26)41(37,38)27-12-8-5-9-13-27/h4-20H,3,21-22H2,1-2H3,(H,34,36). The largest absolute Gasteiger partial charge is 0.490 e. The average molecular weight is 592 g/mol. The lowest BCUT2D eigenvalue weighted by atomic mass is 10.2. The van der Waals surface area contributed by atoms with Gasteiger partial charge in [-0.15, -0.1) is 0 Å². The maximum atomic E-state index is 13.5. The van der Waals surface area contributed by atoms with Crippen LogP contribution < -0.4 is 19.2 Å². The van der Waals surface area contributed by atoms with Crippen molar-refractivity contribution in [1.82, 2.24) is 5.43 Å². The van der Waals surface area contributed by atoms with Crippen molar-refractivity contribution in [3.05, 3.63) is 119 Å². The fraction of sp³-hybridized carbons (Fsp3) is 0.161. The fourth-order valence-corrected chi connectivity index (χ4v) is 5.45. The highest BCUT2D eigenvalue weighted by Crippen LogP contribution is 2.29. The molecule has 0 aliphatic carbocycles. The molecule has 0 atom stereocenters. The summed E-state index contributed by atoms with van der Waals surface area (Å²) in [5, 5.41) is 4.42. The van der Waals surface area contributed by atoms with Gasteiger partial charge in [0.1, 0.15) is 13.2 Å². The van der Waals surface area contributed by atoms with Crippen LogP contribution in [0.15, 0.2) is 107 Å². The third-order valence-electron chi connectivity index (χ3n) is 5.97. The van der Waals surface area contributed by atoms with E-state index in [2.05, 4.69) is 10.5 Å². The minimum atomic E-state index is -4.07. The highest BCUT2D eigenvalue weighted by atomic mass is 35.5. The van der Waals surface area contributed by atoms with Crippen LogP contribution in [0.5, 0.6) is 11.5 Å². The van der Waals surface area contributed by atoms with Crippen LogP contribution >= 0.6 is 11.6 Å². The van der Waals surface area contributed by atoms with Crippen molar-refractivity contribution in [2.45, 2.75) is 25.3 Å². The van der Waals surface area contributed by atoms with E-state index in [1.165, 1.54) is 24.4 Å². The second kappa shape index (κ2) is 13.8. The Morgan fingerprint density at radius 2 is 1.63 bits per heavy atom. The lowest BCUT2D eigenvalue weighted by Crippen LogP contribution is -2.39. The van der Waals surface area contributed by atoms with E-state index in [9.17, 15) is 13.2 Å². The first kappa shape index (κ1) is 29.6. The second-order valence-corrected chi connectivity index (χ2v) is 11.2. The minimum Gasteiger partial charge on any atom is -0.490 e. The number of rotatable bonds is 12. The van der Waals surface area contributed by atoms with Gasteiger partial charge in [-0.2, -0.15) is 5.10 Å². The second-order valence-electron chi connectivity index (χ2n) is 8.96. The number of nitrogens with zero attached hydrogens (tertiary/aromatic N) is 2. The number of amides is 1. The summed E-state index contributed by atoms with van der Waals surface area (Å²) in [5.74, 6) is 0.482. The highest BCUT2D eigenvalue weighted by Gasteiger charge is 2.27. The third-order valence-corrected chi connectivity index (χ3v) is 8.16. The van der Waals surface area contributed by atoms with Gasteiger partial charge >= 0.3 is 0 Å². The quantitative estimate of drug-likeness (QED) is 0.162. The molecule has 0 aliphatic heterocycles. The molecule has 0 heterocycles. The van der Waals surface area contributed by atoms with Crippen LogP contribution in [-0.4, -0.2) is 33.7 Å². The average Bonchev–Trinajstić information content (AvgIpc) is 2.98. The van der Waals surface area contributed by atoms with Crippen molar-refractivity contribution in [3.8, 4) is 11.5 Å². The number of sulfonamides is 1. The molecular formula is C31H30ClN3O5S. The summed E-state index contributed by atoms with van der Waals surface area (Å²) in [6.07, 6.45) is 1.44. The van der Waals surface area contributed by atoms with Gasteiger partial charge in [-0.05, 0) is 73.0 Å². The number of carbonyl (C=O) groups excluding carboxylic acids is 1. The Bertz CT molecular complexity index is 1610. The number of hydrazone groups is 1. The van der Waals surface area contributed by atoms with Crippen molar-refractivity contribution in [2.75, 3.05) is 17.5 Å². The van der Waals surface area contributed by atoms with Gasteiger partial charge in [0, 0.05) is 5.02 Å². The van der Waals surface area contributed by atoms with Crippen LogP contribution in [0, 0.1) is 6.92 Å². The summed E-state index contributed by atoms with van der Waals surface area (Å²) in [6, 6.07) is 27.8. The van der Waals surface area contributed by atoms with Gasteiger partial charge in [0.2, 0.25) is 0 Å². The predicted octanol–water partition coefficient (Wildman–Crippen LogP) is 5.97. The molecule has 41 heavy (non-hydrogen) atoms. The monoisotopic (exact) mass is 591 g/mol. The molecule has 4 aromatic rings. The first-order valence-electron chi connectivity index (χ1n) is 12.9. The topological polar surface area (TPSA) is 97.3 Å². The van der Waals surface area contributed by atoms with Crippen LogP contribution in [-0.2, 0) is 21.4 Å². The third kappa shape index (κ3) is 7.87. The van der Waals surface area contributed by atoms with Gasteiger partial charge in [-0.25, -0.2) is 13.8 Å². The van der Waals surface area contributed by atoms with Gasteiger partial charge < -0.3 is 9.47 Å². The normalized spacial score (nSPS) is 11.3. The smallest absolute Gasteiger partial charge is 0.264 e. The molecule has 0 spiro atoms. The van der Waals surface area contributed by atoms with Crippen LogP contribution in [0.3, 0.4) is 0 Å². The summed E-state index contributed by atoms with van der Waals surface area (Å²) in [4.78, 5) is 12.9. The van der Waals surface area contributed by atoms with Crippen molar-refractivity contribution in [3.63, 3.8) is 0 Å². The first-order chi connectivity index (χ1) is 19.8. The molecule has 0 aromatic heterocycles. The lowest BCUT2D eigenvalue weighted by Gasteiger charge is -2.24. The van der Waals surface area contributed by atoms with Gasteiger partial charge in [0.25, 0.3) is 15.9 Å². The number of ether oxygens (including phenoxy) is 2. The van der Waals surface area contributed by atoms with Crippen molar-refractivity contribution < 1.29 is 22.7 Å². The number of aryl methyl sites for hydroxylation is 1. The number of hydrogen-bond acceptors (Lipinski definition) is 6. The summed E-state index contributed by atoms with van der Waals surface area (Å²) in [5.41, 5.74) is 5.14.